The van der Waals surface area contributed by atoms with Crippen molar-refractivity contribution in [3.63, 3.8) is 0 Å². The number of carboxylic acids is 1. The largest absolute Gasteiger partial charge is 0.481 e. The number of aliphatic carboxylic acids is 1. The van der Waals surface area contributed by atoms with Gasteiger partial charge in [-0.25, -0.2) is 0 Å². The number of rotatable bonds is 3. The molecular weight excluding hydrogens is 260 g/mol. The molecule has 20 heavy (non-hydrogen) atoms. The molecule has 1 aromatic carbocycles. The number of benzene rings is 1. The van der Waals surface area contributed by atoms with Crippen LogP contribution in [0.15, 0.2) is 18.2 Å². The summed E-state index contributed by atoms with van der Waals surface area (Å²) in [6.07, 6.45) is 1.56. The van der Waals surface area contributed by atoms with Gasteiger partial charge in [-0.1, -0.05) is 6.07 Å². The van der Waals surface area contributed by atoms with Crippen molar-refractivity contribution in [2.45, 2.75) is 19.3 Å². The summed E-state index contributed by atoms with van der Waals surface area (Å²) in [5, 5.41) is 14.3. The van der Waals surface area contributed by atoms with Crippen LogP contribution < -0.4 is 10.6 Å². The second-order valence-electron chi connectivity index (χ2n) is 5.20. The first-order chi connectivity index (χ1) is 9.54. The van der Waals surface area contributed by atoms with Crippen molar-refractivity contribution in [2.24, 2.45) is 11.8 Å². The smallest absolute Gasteiger partial charge is 0.307 e. The van der Waals surface area contributed by atoms with Gasteiger partial charge in [0.1, 0.15) is 0 Å². The maximum Gasteiger partial charge on any atom is 0.307 e. The third-order valence-corrected chi connectivity index (χ3v) is 3.72. The first-order valence-corrected chi connectivity index (χ1v) is 6.51. The van der Waals surface area contributed by atoms with Crippen LogP contribution in [0.5, 0.6) is 0 Å². The normalized spacial score (nSPS) is 23.5. The van der Waals surface area contributed by atoms with Crippen molar-refractivity contribution in [3.05, 3.63) is 23.8 Å². The van der Waals surface area contributed by atoms with Gasteiger partial charge in [0.15, 0.2) is 0 Å². The number of hydrogen-bond acceptors (Lipinski definition) is 3. The van der Waals surface area contributed by atoms with Crippen LogP contribution in [0.3, 0.4) is 0 Å². The molecule has 2 atom stereocenters. The van der Waals surface area contributed by atoms with E-state index in [-0.39, 0.29) is 11.8 Å². The van der Waals surface area contributed by atoms with Crippen molar-refractivity contribution in [3.8, 4) is 0 Å². The van der Waals surface area contributed by atoms with E-state index in [1.807, 2.05) is 6.07 Å². The summed E-state index contributed by atoms with van der Waals surface area (Å²) in [5.74, 6) is -2.25. The molecule has 2 unspecified atom stereocenters. The van der Waals surface area contributed by atoms with E-state index < -0.39 is 17.8 Å². The molecular formula is C14H14N2O4. The number of carboxylic acid groups (broad SMARTS) is 1. The van der Waals surface area contributed by atoms with Gasteiger partial charge in [0.25, 0.3) is 0 Å². The van der Waals surface area contributed by atoms with E-state index in [9.17, 15) is 14.4 Å². The van der Waals surface area contributed by atoms with Gasteiger partial charge in [0.2, 0.25) is 11.8 Å². The summed E-state index contributed by atoms with van der Waals surface area (Å²) in [4.78, 5) is 33.9. The quantitative estimate of drug-likeness (QED) is 0.772. The highest BCUT2D eigenvalue weighted by Crippen LogP contribution is 2.39. The molecule has 2 amide bonds. The Morgan fingerprint density at radius 3 is 2.75 bits per heavy atom. The number of aryl methyl sites for hydroxylation is 1. The minimum Gasteiger partial charge on any atom is -0.481 e. The Bertz CT molecular complexity index is 611. The maximum absolute atomic E-state index is 11.9. The molecule has 6 heteroatoms. The molecule has 3 rings (SSSR count). The highest BCUT2D eigenvalue weighted by Gasteiger charge is 2.48. The highest BCUT2D eigenvalue weighted by molar-refractivity contribution is 5.99. The molecule has 0 saturated heterocycles. The zero-order chi connectivity index (χ0) is 14.3. The predicted octanol–water partition coefficient (Wildman–Crippen LogP) is 1.23. The second-order valence-corrected chi connectivity index (χ2v) is 5.20. The number of carbonyl (C=O) groups excluding carboxylic acids is 2. The zero-order valence-corrected chi connectivity index (χ0v) is 10.7. The van der Waals surface area contributed by atoms with Gasteiger partial charge in [0, 0.05) is 17.8 Å². The average molecular weight is 274 g/mol. The van der Waals surface area contributed by atoms with Crippen LogP contribution in [-0.4, -0.2) is 22.9 Å². The van der Waals surface area contributed by atoms with Crippen LogP contribution in [0.4, 0.5) is 11.4 Å². The minimum atomic E-state index is -0.928. The van der Waals surface area contributed by atoms with Crippen LogP contribution >= 0.6 is 0 Å². The number of hydrogen-bond donors (Lipinski definition) is 3. The van der Waals surface area contributed by atoms with E-state index in [1.165, 1.54) is 0 Å². The van der Waals surface area contributed by atoms with Gasteiger partial charge < -0.3 is 15.7 Å². The molecule has 1 heterocycles. The predicted molar refractivity (Wildman–Crippen MR) is 71.3 cm³/mol. The molecule has 0 radical (unpaired) electrons. The summed E-state index contributed by atoms with van der Waals surface area (Å²) < 4.78 is 0. The molecule has 0 aromatic heterocycles. The van der Waals surface area contributed by atoms with Gasteiger partial charge in [0.05, 0.1) is 11.8 Å². The number of anilines is 2. The molecule has 1 aromatic rings. The van der Waals surface area contributed by atoms with Crippen molar-refractivity contribution in [2.75, 3.05) is 10.6 Å². The average Bonchev–Trinajstić information content (AvgIpc) is 3.18. The first-order valence-electron chi connectivity index (χ1n) is 6.51. The Balaban J connectivity index is 1.69. The molecule has 1 aliphatic carbocycles. The Kier molecular flexibility index (Phi) is 2.93. The Morgan fingerprint density at radius 1 is 1.25 bits per heavy atom. The molecule has 0 spiro atoms. The Labute approximate surface area is 115 Å². The van der Waals surface area contributed by atoms with E-state index in [0.717, 1.165) is 5.56 Å². The molecule has 2 aliphatic rings. The van der Waals surface area contributed by atoms with E-state index in [2.05, 4.69) is 10.6 Å². The number of nitrogens with one attached hydrogen (secondary N) is 2. The summed E-state index contributed by atoms with van der Waals surface area (Å²) in [6.45, 7) is 0. The molecule has 3 N–H and O–H groups in total. The lowest BCUT2D eigenvalue weighted by molar-refractivity contribution is -0.139. The first kappa shape index (κ1) is 12.7. The maximum atomic E-state index is 11.9. The molecule has 6 nitrogen and oxygen atoms in total. The van der Waals surface area contributed by atoms with Crippen molar-refractivity contribution in [1.82, 2.24) is 0 Å². The van der Waals surface area contributed by atoms with Crippen molar-refractivity contribution >= 4 is 29.2 Å². The van der Waals surface area contributed by atoms with Crippen molar-refractivity contribution in [1.29, 1.82) is 0 Å². The van der Waals surface area contributed by atoms with Crippen LogP contribution in [0.1, 0.15) is 18.4 Å². The lowest BCUT2D eigenvalue weighted by Gasteiger charge is -2.17. The van der Waals surface area contributed by atoms with Crippen LogP contribution in [0.25, 0.3) is 0 Å². The molecule has 104 valence electrons. The molecule has 1 saturated carbocycles. The molecule has 0 bridgehead atoms. The van der Waals surface area contributed by atoms with Crippen LogP contribution in [0, 0.1) is 11.8 Å². The highest BCUT2D eigenvalue weighted by atomic mass is 16.4. The Hall–Kier alpha value is -2.37. The van der Waals surface area contributed by atoms with Crippen LogP contribution in [0.2, 0.25) is 0 Å². The summed E-state index contributed by atoms with van der Waals surface area (Å²) >= 11 is 0. The fourth-order valence-electron chi connectivity index (χ4n) is 2.44. The third-order valence-electron chi connectivity index (χ3n) is 3.72. The summed E-state index contributed by atoms with van der Waals surface area (Å²) in [5.41, 5.74) is 2.33. The van der Waals surface area contributed by atoms with Gasteiger partial charge >= 0.3 is 5.97 Å². The zero-order valence-electron chi connectivity index (χ0n) is 10.7. The van der Waals surface area contributed by atoms with Gasteiger partial charge in [-0.05, 0) is 30.5 Å². The molecule has 1 fully saturated rings. The fraction of sp³-hybridized carbons (Fsp3) is 0.357. The fourth-order valence-corrected chi connectivity index (χ4v) is 2.44. The lowest BCUT2D eigenvalue weighted by atomic mass is 10.0. The van der Waals surface area contributed by atoms with E-state index in [1.54, 1.807) is 12.1 Å². The number of fused-ring (bicyclic) bond motifs is 1. The molecule has 1 aliphatic heterocycles. The third kappa shape index (κ3) is 2.36. The lowest BCUT2D eigenvalue weighted by Crippen LogP contribution is -2.20. The van der Waals surface area contributed by atoms with Crippen LogP contribution in [-0.2, 0) is 20.8 Å². The monoisotopic (exact) mass is 274 g/mol. The standard InChI is InChI=1S/C14H14N2O4/c17-12-4-2-7-1-3-8(5-11(7)16-12)15-13(18)9-6-10(9)14(19)20/h1,3,5,9-10H,2,4,6H2,(H,15,18)(H,16,17)(H,19,20). The SMILES string of the molecule is O=C1CCc2ccc(NC(=O)C3CC3C(=O)O)cc2N1. The van der Waals surface area contributed by atoms with Gasteiger partial charge in [-0.2, -0.15) is 0 Å². The van der Waals surface area contributed by atoms with E-state index >= 15 is 0 Å². The topological polar surface area (TPSA) is 95.5 Å². The number of amides is 2. The second kappa shape index (κ2) is 4.63. The summed E-state index contributed by atoms with van der Waals surface area (Å²) in [6, 6.07) is 5.35. The number of carbonyl (C=O) groups is 3. The van der Waals surface area contributed by atoms with E-state index in [0.29, 0.717) is 30.6 Å². The van der Waals surface area contributed by atoms with Gasteiger partial charge in [-0.15, -0.1) is 0 Å². The Morgan fingerprint density at radius 2 is 2.05 bits per heavy atom. The summed E-state index contributed by atoms with van der Waals surface area (Å²) in [7, 11) is 0. The van der Waals surface area contributed by atoms with Crippen molar-refractivity contribution < 1.29 is 19.5 Å². The minimum absolute atomic E-state index is 0.0332. The van der Waals surface area contributed by atoms with E-state index in [4.69, 9.17) is 5.11 Å². The van der Waals surface area contributed by atoms with Gasteiger partial charge in [-0.3, -0.25) is 14.4 Å².